The Balaban J connectivity index is 2.10. The number of rotatable bonds is 3. The zero-order valence-corrected chi connectivity index (χ0v) is 13.2. The van der Waals surface area contributed by atoms with E-state index in [9.17, 15) is 4.79 Å². The molecule has 2 heterocycles. The Morgan fingerprint density at radius 2 is 2.14 bits per heavy atom. The van der Waals surface area contributed by atoms with E-state index >= 15 is 0 Å². The Morgan fingerprint density at radius 3 is 2.90 bits per heavy atom. The molecule has 1 N–H and O–H groups in total. The summed E-state index contributed by atoms with van der Waals surface area (Å²) in [5, 5.41) is 0.800. The minimum atomic E-state index is -0.0561. The third kappa shape index (κ3) is 2.45. The van der Waals surface area contributed by atoms with Gasteiger partial charge in [0.05, 0.1) is 7.11 Å². The minimum Gasteiger partial charge on any atom is -0.496 e. The van der Waals surface area contributed by atoms with Crippen molar-refractivity contribution in [3.63, 3.8) is 0 Å². The summed E-state index contributed by atoms with van der Waals surface area (Å²) in [6, 6.07) is 7.35. The Kier molecular flexibility index (Phi) is 3.51. The van der Waals surface area contributed by atoms with Crippen LogP contribution in [-0.4, -0.2) is 22.9 Å². The summed E-state index contributed by atoms with van der Waals surface area (Å²) < 4.78 is 6.12. The van der Waals surface area contributed by atoms with Crippen molar-refractivity contribution in [2.45, 2.75) is 6.92 Å². The first-order valence-corrected chi connectivity index (χ1v) is 7.21. The fraction of sp³-hybridized carbons (Fsp3) is 0.125. The normalized spacial score (nSPS) is 10.8. The number of fused-ring (bicyclic) bond motifs is 1. The van der Waals surface area contributed by atoms with Crippen LogP contribution < -0.4 is 4.74 Å². The first-order valence-electron chi connectivity index (χ1n) is 6.42. The number of carbonyl (C=O) groups is 1. The number of ketones is 1. The summed E-state index contributed by atoms with van der Waals surface area (Å²) in [4.78, 5) is 20.0. The average molecular weight is 345 g/mol. The fourth-order valence-corrected chi connectivity index (χ4v) is 2.61. The van der Waals surface area contributed by atoms with E-state index in [0.29, 0.717) is 22.5 Å². The molecule has 0 saturated heterocycles. The quantitative estimate of drug-likeness (QED) is 0.733. The van der Waals surface area contributed by atoms with Crippen molar-refractivity contribution < 1.29 is 9.53 Å². The van der Waals surface area contributed by atoms with Crippen LogP contribution >= 0.6 is 15.9 Å². The minimum absolute atomic E-state index is 0.0561. The van der Waals surface area contributed by atoms with Crippen molar-refractivity contribution >= 4 is 32.7 Å². The van der Waals surface area contributed by atoms with Gasteiger partial charge in [-0.25, -0.2) is 4.98 Å². The molecule has 0 atom stereocenters. The lowest BCUT2D eigenvalue weighted by Gasteiger charge is -2.06. The smallest absolute Gasteiger partial charge is 0.195 e. The van der Waals surface area contributed by atoms with Crippen LogP contribution in [-0.2, 0) is 0 Å². The van der Waals surface area contributed by atoms with Crippen LogP contribution in [0.3, 0.4) is 0 Å². The standard InChI is InChI=1S/C16H13BrN2O2/c1-9-3-4-10(5-14(9)21-2)15(20)13-8-19-16-12(13)6-11(17)7-18-16/h3-8H,1-2H3,(H,18,19). The van der Waals surface area contributed by atoms with E-state index in [1.165, 1.54) is 0 Å². The maximum Gasteiger partial charge on any atom is 0.195 e. The second-order valence-electron chi connectivity index (χ2n) is 4.77. The molecule has 3 rings (SSSR count). The zero-order chi connectivity index (χ0) is 15.0. The highest BCUT2D eigenvalue weighted by Crippen LogP contribution is 2.25. The van der Waals surface area contributed by atoms with Crippen LogP contribution in [0.4, 0.5) is 0 Å². The van der Waals surface area contributed by atoms with Gasteiger partial charge >= 0.3 is 0 Å². The van der Waals surface area contributed by atoms with E-state index in [0.717, 1.165) is 15.4 Å². The maximum absolute atomic E-state index is 12.7. The number of benzene rings is 1. The molecule has 1 aromatic carbocycles. The summed E-state index contributed by atoms with van der Waals surface area (Å²) in [5.41, 5.74) is 2.89. The molecule has 4 nitrogen and oxygen atoms in total. The number of aromatic nitrogens is 2. The molecule has 5 heteroatoms. The highest BCUT2D eigenvalue weighted by atomic mass is 79.9. The van der Waals surface area contributed by atoms with Crippen molar-refractivity contribution in [3.05, 3.63) is 57.8 Å². The lowest BCUT2D eigenvalue weighted by Crippen LogP contribution is -2.01. The van der Waals surface area contributed by atoms with Crippen molar-refractivity contribution in [2.75, 3.05) is 7.11 Å². The Bertz CT molecular complexity index is 839. The van der Waals surface area contributed by atoms with Crippen LogP contribution in [0.15, 0.2) is 41.1 Å². The van der Waals surface area contributed by atoms with E-state index in [4.69, 9.17) is 4.74 Å². The number of halogens is 1. The summed E-state index contributed by atoms with van der Waals surface area (Å²) in [6.07, 6.45) is 3.39. The van der Waals surface area contributed by atoms with E-state index in [1.807, 2.05) is 25.1 Å². The number of pyridine rings is 1. The van der Waals surface area contributed by atoms with E-state index in [1.54, 1.807) is 25.6 Å². The number of hydrogen-bond acceptors (Lipinski definition) is 3. The second kappa shape index (κ2) is 5.33. The van der Waals surface area contributed by atoms with Gasteiger partial charge in [0.2, 0.25) is 0 Å². The van der Waals surface area contributed by atoms with E-state index in [-0.39, 0.29) is 5.78 Å². The van der Waals surface area contributed by atoms with Gasteiger partial charge < -0.3 is 9.72 Å². The highest BCUT2D eigenvalue weighted by Gasteiger charge is 2.16. The van der Waals surface area contributed by atoms with Gasteiger partial charge in [-0.2, -0.15) is 0 Å². The van der Waals surface area contributed by atoms with E-state index < -0.39 is 0 Å². The molecule has 0 spiro atoms. The molecule has 106 valence electrons. The number of nitrogens with zero attached hydrogens (tertiary/aromatic N) is 1. The third-order valence-corrected chi connectivity index (χ3v) is 3.85. The number of ether oxygens (including phenoxy) is 1. The summed E-state index contributed by atoms with van der Waals surface area (Å²) >= 11 is 3.38. The fourth-order valence-electron chi connectivity index (χ4n) is 2.28. The molecule has 0 aliphatic rings. The van der Waals surface area contributed by atoms with Crippen molar-refractivity contribution in [3.8, 4) is 5.75 Å². The van der Waals surface area contributed by atoms with Gasteiger partial charge in [0, 0.05) is 33.4 Å². The lowest BCUT2D eigenvalue weighted by atomic mass is 10.0. The molecule has 0 radical (unpaired) electrons. The number of H-pyrrole nitrogens is 1. The molecular formula is C16H13BrN2O2. The van der Waals surface area contributed by atoms with Crippen molar-refractivity contribution in [2.24, 2.45) is 0 Å². The van der Waals surface area contributed by atoms with Gasteiger partial charge in [0.1, 0.15) is 11.4 Å². The molecular weight excluding hydrogens is 332 g/mol. The van der Waals surface area contributed by atoms with Crippen LogP contribution in [0.1, 0.15) is 21.5 Å². The monoisotopic (exact) mass is 344 g/mol. The molecule has 0 fully saturated rings. The topological polar surface area (TPSA) is 55.0 Å². The molecule has 0 amide bonds. The van der Waals surface area contributed by atoms with Gasteiger partial charge in [0.25, 0.3) is 0 Å². The zero-order valence-electron chi connectivity index (χ0n) is 11.6. The second-order valence-corrected chi connectivity index (χ2v) is 5.68. The van der Waals surface area contributed by atoms with Crippen LogP contribution in [0.25, 0.3) is 11.0 Å². The third-order valence-electron chi connectivity index (χ3n) is 3.41. The molecule has 21 heavy (non-hydrogen) atoms. The number of aryl methyl sites for hydroxylation is 1. The Hall–Kier alpha value is -2.14. The van der Waals surface area contributed by atoms with Crippen LogP contribution in [0.5, 0.6) is 5.75 Å². The summed E-state index contributed by atoms with van der Waals surface area (Å²) in [5.74, 6) is 0.652. The SMILES string of the molecule is COc1cc(C(=O)c2c[nH]c3ncc(Br)cc23)ccc1C. The van der Waals surface area contributed by atoms with Gasteiger partial charge in [-0.3, -0.25) is 4.79 Å². The Morgan fingerprint density at radius 1 is 1.33 bits per heavy atom. The molecule has 0 aliphatic heterocycles. The Labute approximate surface area is 130 Å². The molecule has 0 aliphatic carbocycles. The van der Waals surface area contributed by atoms with Gasteiger partial charge in [-0.05, 0) is 40.5 Å². The first kappa shape index (κ1) is 13.8. The highest BCUT2D eigenvalue weighted by molar-refractivity contribution is 9.10. The largest absolute Gasteiger partial charge is 0.496 e. The van der Waals surface area contributed by atoms with Gasteiger partial charge in [-0.1, -0.05) is 12.1 Å². The predicted octanol–water partition coefficient (Wildman–Crippen LogP) is 3.87. The summed E-state index contributed by atoms with van der Waals surface area (Å²) in [7, 11) is 1.60. The summed E-state index contributed by atoms with van der Waals surface area (Å²) in [6.45, 7) is 1.94. The lowest BCUT2D eigenvalue weighted by molar-refractivity contribution is 0.104. The number of methoxy groups -OCH3 is 1. The number of carbonyl (C=O) groups excluding carboxylic acids is 1. The molecule has 0 bridgehead atoms. The van der Waals surface area contributed by atoms with E-state index in [2.05, 4.69) is 25.9 Å². The van der Waals surface area contributed by atoms with Crippen LogP contribution in [0, 0.1) is 6.92 Å². The average Bonchev–Trinajstić information content (AvgIpc) is 2.90. The molecule has 0 unspecified atom stereocenters. The van der Waals surface area contributed by atoms with Gasteiger partial charge in [0.15, 0.2) is 5.78 Å². The van der Waals surface area contributed by atoms with Crippen molar-refractivity contribution in [1.29, 1.82) is 0 Å². The maximum atomic E-state index is 12.7. The van der Waals surface area contributed by atoms with Crippen LogP contribution in [0.2, 0.25) is 0 Å². The molecule has 3 aromatic rings. The molecule has 0 saturated carbocycles. The van der Waals surface area contributed by atoms with Crippen molar-refractivity contribution in [1.82, 2.24) is 9.97 Å². The van der Waals surface area contributed by atoms with Gasteiger partial charge in [-0.15, -0.1) is 0 Å². The predicted molar refractivity (Wildman–Crippen MR) is 85.0 cm³/mol. The number of nitrogens with one attached hydrogen (secondary N) is 1. The number of hydrogen-bond donors (Lipinski definition) is 1. The molecule has 2 aromatic heterocycles. The first-order chi connectivity index (χ1) is 10.1. The number of aromatic amines is 1.